The van der Waals surface area contributed by atoms with E-state index in [1.807, 2.05) is 84.9 Å². The van der Waals surface area contributed by atoms with Crippen LogP contribution >= 0.6 is 11.8 Å². The number of amides is 2. The Balaban J connectivity index is 1.28. The highest BCUT2D eigenvalue weighted by atomic mass is 32.2. The molecule has 1 heterocycles. The highest BCUT2D eigenvalue weighted by molar-refractivity contribution is 7.99. The van der Waals surface area contributed by atoms with Gasteiger partial charge in [0.2, 0.25) is 11.8 Å². The molecule has 268 valence electrons. The molecule has 0 aliphatic carbocycles. The van der Waals surface area contributed by atoms with Gasteiger partial charge >= 0.3 is 5.97 Å². The Labute approximate surface area is 303 Å². The number of carboxylic acid groups (broad SMARTS) is 1. The number of ether oxygens (including phenoxy) is 2. The minimum atomic E-state index is -0.964. The molecule has 0 bridgehead atoms. The van der Waals surface area contributed by atoms with Gasteiger partial charge in [0, 0.05) is 48.6 Å². The number of aliphatic hydroxyl groups excluding tert-OH is 1. The number of aromatic carboxylic acids is 1. The topological polar surface area (TPSA) is 134 Å². The molecule has 0 spiro atoms. The van der Waals surface area contributed by atoms with E-state index in [1.54, 1.807) is 12.1 Å². The Morgan fingerprint density at radius 3 is 2.24 bits per heavy atom. The molecule has 4 N–H and O–H groups in total. The summed E-state index contributed by atoms with van der Waals surface area (Å²) in [5.74, 6) is -0.515. The van der Waals surface area contributed by atoms with Crippen molar-refractivity contribution in [2.75, 3.05) is 12.3 Å². The third-order valence-corrected chi connectivity index (χ3v) is 10.2. The van der Waals surface area contributed by atoms with Gasteiger partial charge < -0.3 is 30.3 Å². The van der Waals surface area contributed by atoms with Crippen molar-refractivity contribution in [3.05, 3.63) is 125 Å². The zero-order valence-electron chi connectivity index (χ0n) is 29.0. The van der Waals surface area contributed by atoms with Gasteiger partial charge in [0.15, 0.2) is 6.29 Å². The summed E-state index contributed by atoms with van der Waals surface area (Å²) >= 11 is 1.46. The molecule has 4 aromatic carbocycles. The van der Waals surface area contributed by atoms with Crippen LogP contribution in [0.3, 0.4) is 0 Å². The summed E-state index contributed by atoms with van der Waals surface area (Å²) in [5, 5.41) is 25.1. The van der Waals surface area contributed by atoms with Crippen LogP contribution in [0.25, 0.3) is 11.1 Å². The second-order valence-corrected chi connectivity index (χ2v) is 13.8. The molecule has 9 nitrogen and oxygen atoms in total. The molecular formula is C41H46N2O7S. The first kappa shape index (κ1) is 37.8. The minimum Gasteiger partial charge on any atom is -0.478 e. The molecule has 0 saturated carbocycles. The number of hydrogen-bond donors (Lipinski definition) is 4. The first-order valence-electron chi connectivity index (χ1n) is 17.4. The number of benzene rings is 4. The Morgan fingerprint density at radius 2 is 1.51 bits per heavy atom. The van der Waals surface area contributed by atoms with E-state index >= 15 is 0 Å². The molecule has 0 radical (unpaired) electrons. The van der Waals surface area contributed by atoms with Gasteiger partial charge in [0.25, 0.3) is 0 Å². The fraction of sp³-hybridized carbons (Fsp3) is 0.341. The maximum atomic E-state index is 12.6. The molecule has 4 aromatic rings. The van der Waals surface area contributed by atoms with Crippen molar-refractivity contribution in [3.63, 3.8) is 0 Å². The van der Waals surface area contributed by atoms with E-state index in [2.05, 4.69) is 17.6 Å². The first-order chi connectivity index (χ1) is 24.7. The predicted molar refractivity (Wildman–Crippen MR) is 198 cm³/mol. The minimum absolute atomic E-state index is 0.000207. The zero-order chi connectivity index (χ0) is 36.2. The second-order valence-electron chi connectivity index (χ2n) is 12.8. The van der Waals surface area contributed by atoms with Crippen LogP contribution in [0.5, 0.6) is 0 Å². The lowest BCUT2D eigenvalue weighted by molar-refractivity contribution is -0.268. The van der Waals surface area contributed by atoms with Gasteiger partial charge in [-0.3, -0.25) is 9.59 Å². The number of unbranched alkanes of at least 4 members (excludes halogenated alkanes) is 2. The molecule has 1 fully saturated rings. The summed E-state index contributed by atoms with van der Waals surface area (Å²) in [4.78, 5) is 36.1. The average molecular weight is 711 g/mol. The van der Waals surface area contributed by atoms with E-state index in [-0.39, 0.29) is 42.1 Å². The summed E-state index contributed by atoms with van der Waals surface area (Å²) in [6.07, 6.45) is 1.72. The summed E-state index contributed by atoms with van der Waals surface area (Å²) in [6.45, 7) is 4.59. The van der Waals surface area contributed by atoms with Crippen LogP contribution < -0.4 is 10.6 Å². The molecule has 10 heteroatoms. The Kier molecular flexibility index (Phi) is 13.8. The fourth-order valence-electron chi connectivity index (χ4n) is 6.16. The van der Waals surface area contributed by atoms with Crippen molar-refractivity contribution in [2.45, 2.75) is 76.1 Å². The van der Waals surface area contributed by atoms with Gasteiger partial charge in [-0.2, -0.15) is 0 Å². The van der Waals surface area contributed by atoms with Gasteiger partial charge in [-0.05, 0) is 52.8 Å². The predicted octanol–water partition coefficient (Wildman–Crippen LogP) is 7.44. The lowest BCUT2D eigenvalue weighted by atomic mass is 9.91. The lowest BCUT2D eigenvalue weighted by Gasteiger charge is -2.41. The maximum absolute atomic E-state index is 12.6. The zero-order valence-corrected chi connectivity index (χ0v) is 29.9. The van der Waals surface area contributed by atoms with Crippen molar-refractivity contribution >= 4 is 29.5 Å². The van der Waals surface area contributed by atoms with E-state index in [4.69, 9.17) is 9.47 Å². The second kappa shape index (κ2) is 18.7. The maximum Gasteiger partial charge on any atom is 0.336 e. The van der Waals surface area contributed by atoms with Crippen molar-refractivity contribution in [3.8, 4) is 11.1 Å². The highest BCUT2D eigenvalue weighted by Gasteiger charge is 2.38. The third kappa shape index (κ3) is 10.5. The SMILES string of the molecule is CC(=O)NCCCCCC(=O)NCc1ccccc1-c1ccc([C@H]2O[C@@H](CSc3ccccc3C(=O)O)[C@@H](C)[C@@H](c3ccc(CO)cc3)O2)cc1. The first-order valence-corrected chi connectivity index (χ1v) is 18.4. The van der Waals surface area contributed by atoms with E-state index < -0.39 is 12.3 Å². The molecular weight excluding hydrogens is 665 g/mol. The molecule has 5 rings (SSSR count). The van der Waals surface area contributed by atoms with Crippen molar-refractivity contribution in [1.82, 2.24) is 10.6 Å². The Bertz CT molecular complexity index is 1760. The van der Waals surface area contributed by atoms with Gasteiger partial charge in [-0.15, -0.1) is 11.8 Å². The summed E-state index contributed by atoms with van der Waals surface area (Å²) in [7, 11) is 0. The molecule has 1 aliphatic rings. The normalized spacial score (nSPS) is 18.6. The number of carbonyl (C=O) groups is 3. The van der Waals surface area contributed by atoms with Crippen molar-refractivity contribution in [1.29, 1.82) is 0 Å². The number of carboxylic acids is 1. The smallest absolute Gasteiger partial charge is 0.336 e. The molecule has 51 heavy (non-hydrogen) atoms. The van der Waals surface area contributed by atoms with E-state index in [0.29, 0.717) is 30.2 Å². The van der Waals surface area contributed by atoms with Gasteiger partial charge in [-0.25, -0.2) is 4.79 Å². The summed E-state index contributed by atoms with van der Waals surface area (Å²) < 4.78 is 13.2. The van der Waals surface area contributed by atoms with E-state index in [9.17, 15) is 24.6 Å². The van der Waals surface area contributed by atoms with Gasteiger partial charge in [0.1, 0.15) is 0 Å². The summed E-state index contributed by atoms with van der Waals surface area (Å²) in [5.41, 5.74) is 5.94. The summed E-state index contributed by atoms with van der Waals surface area (Å²) in [6, 6.07) is 30.8. The number of hydrogen-bond acceptors (Lipinski definition) is 7. The number of rotatable bonds is 16. The molecule has 1 saturated heterocycles. The van der Waals surface area contributed by atoms with Crippen LogP contribution in [0.1, 0.15) is 84.5 Å². The Morgan fingerprint density at radius 1 is 0.804 bits per heavy atom. The molecule has 0 unspecified atom stereocenters. The largest absolute Gasteiger partial charge is 0.478 e. The van der Waals surface area contributed by atoms with Crippen LogP contribution in [-0.4, -0.2) is 46.4 Å². The van der Waals surface area contributed by atoms with Crippen molar-refractivity contribution in [2.24, 2.45) is 5.92 Å². The lowest BCUT2D eigenvalue weighted by Crippen LogP contribution is -2.38. The molecule has 0 aromatic heterocycles. The van der Waals surface area contributed by atoms with Gasteiger partial charge in [-0.1, -0.05) is 98.3 Å². The van der Waals surface area contributed by atoms with E-state index in [1.165, 1.54) is 18.7 Å². The monoisotopic (exact) mass is 710 g/mol. The molecule has 2 amide bonds. The molecule has 1 aliphatic heterocycles. The number of aliphatic hydroxyl groups is 1. The highest BCUT2D eigenvalue weighted by Crippen LogP contribution is 2.43. The number of thioether (sulfide) groups is 1. The van der Waals surface area contributed by atoms with Crippen molar-refractivity contribution < 1.29 is 34.1 Å². The Hall–Kier alpha value is -4.48. The van der Waals surface area contributed by atoms with Gasteiger partial charge in [0.05, 0.1) is 24.4 Å². The van der Waals surface area contributed by atoms with Crippen LogP contribution in [0.4, 0.5) is 0 Å². The van der Waals surface area contributed by atoms with E-state index in [0.717, 1.165) is 52.6 Å². The van der Waals surface area contributed by atoms with Crippen LogP contribution in [0.15, 0.2) is 102 Å². The fourth-order valence-corrected chi connectivity index (χ4v) is 7.37. The number of nitrogens with one attached hydrogen (secondary N) is 2. The standard InChI is InChI=1S/C41H46N2O7S/c1-27-36(26-51-37-13-8-7-12-35(37)40(47)48)49-41(50-39(27)31-17-15-29(25-44)16-18-31)32-21-19-30(20-22-32)34-11-6-5-10-33(34)24-43-38(46)14-4-3-9-23-42-28(2)45/h5-8,10-13,15-22,27,36,39,41,44H,3-4,9,14,23-26H2,1-2H3,(H,42,45)(H,43,46)(H,47,48)/t27-,36+,39+,41+/m1/s1. The molecule has 4 atom stereocenters. The van der Waals surface area contributed by atoms with Crippen LogP contribution in [-0.2, 0) is 32.2 Å². The quantitative estimate of drug-likeness (QED) is 0.0697. The average Bonchev–Trinajstić information content (AvgIpc) is 3.15. The number of carbonyl (C=O) groups excluding carboxylic acids is 2. The van der Waals surface area contributed by atoms with Crippen LogP contribution in [0.2, 0.25) is 0 Å². The third-order valence-electron chi connectivity index (χ3n) is 9.09. The van der Waals surface area contributed by atoms with Crippen LogP contribution in [0, 0.1) is 5.92 Å².